The normalized spacial score (nSPS) is 37.8. The van der Waals surface area contributed by atoms with E-state index in [1.165, 1.54) is 20.5 Å². The molecular weight excluding hydrogens is 1330 g/mol. The summed E-state index contributed by atoms with van der Waals surface area (Å²) in [5.74, 6) is -2.63. The van der Waals surface area contributed by atoms with Crippen molar-refractivity contribution in [3.63, 3.8) is 0 Å². The van der Waals surface area contributed by atoms with Crippen molar-refractivity contribution in [1.29, 1.82) is 0 Å². The third-order valence-electron chi connectivity index (χ3n) is 10.3. The van der Waals surface area contributed by atoms with E-state index in [0.29, 0.717) is 0 Å². The minimum Gasteiger partial charge on any atom is -0.726 e. The van der Waals surface area contributed by atoms with Crippen LogP contribution in [0.25, 0.3) is 0 Å². The number of carbonyl (C=O) groups excluding carboxylic acids is 1. The molecule has 24 atom stereocenters. The predicted molar refractivity (Wildman–Crippen MR) is 232 cm³/mol. The van der Waals surface area contributed by atoms with Gasteiger partial charge in [0.1, 0.15) is 24.6 Å². The minimum absolute atomic E-state index is 0. The molecule has 5 rings (SSSR count). The topological polar surface area (TPSA) is 711 Å². The first-order valence-corrected chi connectivity index (χ1v) is 27.5. The monoisotopic (exact) mass is 1380 g/mol. The van der Waals surface area contributed by atoms with E-state index in [2.05, 4.69) is 25.0 Å². The van der Waals surface area contributed by atoms with E-state index in [0.717, 1.165) is 0 Å². The van der Waals surface area contributed by atoms with Crippen molar-refractivity contribution in [3.05, 3.63) is 27.2 Å². The van der Waals surface area contributed by atoms with Gasteiger partial charge >= 0.3 is 154 Å². The molecule has 16 N–H and O–H groups in total. The molecule has 0 aromatic carbocycles. The number of hydrogen-bond acceptors (Lipinski definition) is 37. The van der Waals surface area contributed by atoms with Crippen molar-refractivity contribution in [2.75, 3.05) is 7.11 Å². The van der Waals surface area contributed by atoms with Gasteiger partial charge in [-0.05, 0) is 12.2 Å². The third kappa shape index (κ3) is 35.7. The van der Waals surface area contributed by atoms with Gasteiger partial charge in [0.15, 0.2) is 43.5 Å². The molecule has 5 saturated heterocycles. The van der Waals surface area contributed by atoms with Crippen molar-refractivity contribution in [3.8, 4) is 0 Å². The van der Waals surface area contributed by atoms with E-state index in [-0.39, 0.29) is 154 Å². The number of hydrogen-bond donors (Lipinski definition) is 13. The summed E-state index contributed by atoms with van der Waals surface area (Å²) in [5, 5.41) is 63.6. The molecule has 5 aliphatic heterocycles. The van der Waals surface area contributed by atoms with Crippen LogP contribution in [0.1, 0.15) is 6.92 Å². The number of rotatable bonds is 14. The number of aliphatic hydroxyl groups is 5. The maximum absolute atomic E-state index is 12.3. The van der Waals surface area contributed by atoms with Crippen LogP contribution in [0, 0.1) is 33.1 Å². The largest absolute Gasteiger partial charge is 1.00 e. The Morgan fingerprint density at radius 2 is 0.940 bits per heavy atom. The molecule has 0 bridgehead atoms. The number of aliphatic carboxylic acids is 1. The molecule has 52 heteroatoms. The van der Waals surface area contributed by atoms with E-state index in [1.54, 1.807) is 0 Å². The second-order valence-corrected chi connectivity index (χ2v) is 20.5. The summed E-state index contributed by atoms with van der Waals surface area (Å²) >= 11 is 0. The summed E-state index contributed by atoms with van der Waals surface area (Å²) in [5.41, 5.74) is 18.2. The van der Waals surface area contributed by atoms with E-state index in [4.69, 9.17) is 139 Å². The van der Waals surface area contributed by atoms with E-state index in [1.807, 2.05) is 0 Å². The summed E-state index contributed by atoms with van der Waals surface area (Å²) in [6, 6.07) is -3.93. The zero-order valence-corrected chi connectivity index (χ0v) is 58.8. The van der Waals surface area contributed by atoms with Gasteiger partial charge in [-0.25, -0.2) is 46.9 Å². The first kappa shape index (κ1) is 95.3. The average Bonchev–Trinajstić information content (AvgIpc) is 3.25. The molecule has 5 aliphatic rings. The average molecular weight is 1380 g/mol. The van der Waals surface area contributed by atoms with Crippen LogP contribution in [0.3, 0.4) is 0 Å². The number of carboxylic acids is 1. The maximum atomic E-state index is 12.3. The van der Waals surface area contributed by atoms with Gasteiger partial charge in [0.2, 0.25) is 58.3 Å². The van der Waals surface area contributed by atoms with Crippen molar-refractivity contribution < 1.29 is 327 Å². The first-order chi connectivity index (χ1) is 35.6. The molecule has 470 valence electrons. The van der Waals surface area contributed by atoms with Gasteiger partial charge in [-0.1, -0.05) is 25.2 Å². The molecule has 0 aromatic rings. The molecule has 0 saturated carbocycles. The molecule has 10 unspecified atom stereocenters. The van der Waals surface area contributed by atoms with Crippen LogP contribution in [0.5, 0.6) is 0 Å². The quantitative estimate of drug-likeness (QED) is 0.0252. The Morgan fingerprint density at radius 3 is 1.37 bits per heavy atom. The molecule has 42 nitrogen and oxygen atoms in total. The van der Waals surface area contributed by atoms with Crippen molar-refractivity contribution in [2.45, 2.75) is 148 Å². The van der Waals surface area contributed by atoms with Gasteiger partial charge in [-0.15, -0.1) is 0 Å². The fourth-order valence-electron chi connectivity index (χ4n) is 6.99. The fourth-order valence-corrected chi connectivity index (χ4v) is 7.47. The number of carboxylic acid groups (broad SMARTS) is 1. The van der Waals surface area contributed by atoms with E-state index in [9.17, 15) is 53.2 Å². The van der Waals surface area contributed by atoms with E-state index >= 15 is 0 Å². The minimum atomic E-state index is -5.63. The number of nitrogens with two attached hydrogens (primary N) is 3. The molecule has 0 radical (unpaired) electrons. The van der Waals surface area contributed by atoms with Gasteiger partial charge in [-0.2, -0.15) is 0 Å². The van der Waals surface area contributed by atoms with Crippen molar-refractivity contribution in [1.82, 2.24) is 0 Å². The van der Waals surface area contributed by atoms with Gasteiger partial charge in [0.05, 0.1) is 36.5 Å². The third-order valence-corrected chi connectivity index (χ3v) is 10.7. The summed E-state index contributed by atoms with van der Waals surface area (Å²) in [6.07, 6.45) is -31.2. The Labute approximate surface area is 590 Å². The second-order valence-electron chi connectivity index (χ2n) is 16.1. The molecule has 0 aromatic heterocycles. The fraction of sp³-hybridized carbons (Fsp3) is 0.812. The number of aliphatic hydroxyl groups excluding tert-OH is 5. The summed E-state index contributed by atoms with van der Waals surface area (Å²) in [6.45, 7) is 12.4. The van der Waals surface area contributed by atoms with Crippen molar-refractivity contribution in [2.24, 2.45) is 23.1 Å². The Kier molecular flexibility index (Phi) is 47.0. The van der Waals surface area contributed by atoms with Gasteiger partial charge in [0, 0.05) is 13.0 Å². The molecule has 0 spiro atoms. The Hall–Kier alpha value is 2.57. The number of ether oxygens (including phenoxy) is 11. The Morgan fingerprint density at radius 1 is 0.524 bits per heavy atom. The first-order valence-electron chi connectivity index (χ1n) is 20.7. The van der Waals surface area contributed by atoms with Gasteiger partial charge < -0.3 is 143 Å². The Balaban J connectivity index is -0.000000717. The van der Waals surface area contributed by atoms with Crippen molar-refractivity contribution >= 4 is 64.4 Å². The van der Waals surface area contributed by atoms with Crippen LogP contribution in [0.15, 0.2) is 0 Å². The van der Waals surface area contributed by atoms with Crippen LogP contribution in [0.2, 0.25) is 0 Å². The SMILES string of the molecule is O=S(=O)([O-])O.O=S(=O)([O-])O.O=S(=O)([O-])O.O=S(=O)([O-])O.[CH2-]C1O[C@H](O[C@@H]2C(OC=O)O[C@@H](O[C@@H]3C([CH2-])O[C@H](OC)C(N)[C@H]3O)C(OS(=O)(=O)[O-])[C@H]2O)C(N)[CH-][C@@H]1O[C@@H]1OC(C(=O)O)[C@@H](O[C@H]2OC([CH2-])[C@@H](O)[C@H](O)C2N)[C@H](O)C1C.[Na+].[Na+].[Na+].[Na+].[Na+]. The molecule has 5 heterocycles. The molecule has 5 fully saturated rings. The zero-order valence-electron chi connectivity index (χ0n) is 44.7. The number of carbonyl (C=O) groups is 2. The molecule has 0 aliphatic carbocycles. The summed E-state index contributed by atoms with van der Waals surface area (Å²) in [7, 11) is -24.1. The van der Waals surface area contributed by atoms with Gasteiger partial charge in [0.25, 0.3) is 6.47 Å². The van der Waals surface area contributed by atoms with Crippen LogP contribution < -0.4 is 165 Å². The predicted octanol–water partition coefficient (Wildman–Crippen LogP) is -26.0. The smallest absolute Gasteiger partial charge is 0.726 e. The zero-order chi connectivity index (χ0) is 61.8. The van der Waals surface area contributed by atoms with Crippen LogP contribution in [0.4, 0.5) is 0 Å². The second kappa shape index (κ2) is 41.4. The Bertz CT molecular complexity index is 2360. The van der Waals surface area contributed by atoms with E-state index < -0.39 is 205 Å². The van der Waals surface area contributed by atoms with Gasteiger partial charge in [-0.3, -0.25) is 33.6 Å². The molecule has 0 amide bonds. The van der Waals surface area contributed by atoms with Crippen LogP contribution >= 0.6 is 0 Å². The van der Waals surface area contributed by atoms with Crippen LogP contribution in [-0.4, -0.2) is 275 Å². The summed E-state index contributed by atoms with van der Waals surface area (Å²) in [4.78, 5) is 23.8. The maximum Gasteiger partial charge on any atom is 1.00 e. The standard InChI is InChI=1S/C32H51N3O23S.5Na.4H2O4S/c1-8-16(37)22(54-30-14(34)18(39)17(38)10(3)50-30)25(26(42)43)56-27(8)52-13-6-12(33)28(49-9(13)2)55-23-20(41)24(58-59(44,45)46)32(57-31(23)48-7-36)53-21-11(4)51-29(47-5)15(35)19(21)40;;;;;;4*1-5(2,3)4/h6-25,27-32,37-41H,2-4,33-35H2,1,5H3,(H,42,43)(H,44,45,46);;;;;;4*(H2,1,2,3,4)/q-4;5*+1;;;;/p-5/t8?,9?,10?,11?,12?,13-,14?,15?,16+,17+,18+,19+,20-,21+,22-,23-,24?,25?,27+,28+,29-,30+,31?,32+;;;;;;;;;/m0........./s1. The summed E-state index contributed by atoms with van der Waals surface area (Å²) < 4.78 is 232. The van der Waals surface area contributed by atoms with Crippen LogP contribution in [-0.2, 0) is 118 Å². The molecule has 84 heavy (non-hydrogen) atoms. The number of methoxy groups -OCH3 is 1. The molecular formula is C32H54N3Na5O39S5-4.